The quantitative estimate of drug-likeness (QED) is 0.774. The van der Waals surface area contributed by atoms with Crippen LogP contribution in [0.5, 0.6) is 0 Å². The van der Waals surface area contributed by atoms with Crippen LogP contribution in [0.1, 0.15) is 52.4 Å². The second-order valence-electron chi connectivity index (χ2n) is 5.45. The highest BCUT2D eigenvalue weighted by Crippen LogP contribution is 2.37. The van der Waals surface area contributed by atoms with E-state index < -0.39 is 12.1 Å². The lowest BCUT2D eigenvalue weighted by molar-refractivity contribution is -0.142. The lowest BCUT2D eigenvalue weighted by Gasteiger charge is -2.47. The van der Waals surface area contributed by atoms with Crippen molar-refractivity contribution in [2.24, 2.45) is 0 Å². The maximum Gasteiger partial charge on any atom is 0.305 e. The Kier molecular flexibility index (Phi) is 4.95. The highest BCUT2D eigenvalue weighted by molar-refractivity contribution is 5.68. The molecule has 0 aromatic heterocycles. The van der Waals surface area contributed by atoms with Gasteiger partial charge in [-0.05, 0) is 33.7 Å². The summed E-state index contributed by atoms with van der Waals surface area (Å²) in [6, 6.07) is -0.00699. The summed E-state index contributed by atoms with van der Waals surface area (Å²) in [5, 5.41) is 18.8. The second kappa shape index (κ2) is 5.83. The highest BCUT2D eigenvalue weighted by Gasteiger charge is 2.40. The zero-order chi connectivity index (χ0) is 13.1. The van der Waals surface area contributed by atoms with Crippen LogP contribution in [-0.2, 0) is 4.79 Å². The molecule has 0 aromatic carbocycles. The Balaban J connectivity index is 2.84. The van der Waals surface area contributed by atoms with E-state index in [1.54, 1.807) is 6.92 Å². The van der Waals surface area contributed by atoms with Crippen molar-refractivity contribution < 1.29 is 15.0 Å². The van der Waals surface area contributed by atoms with Gasteiger partial charge in [0, 0.05) is 11.6 Å². The van der Waals surface area contributed by atoms with Crippen molar-refractivity contribution >= 4 is 5.97 Å². The van der Waals surface area contributed by atoms with Crippen molar-refractivity contribution in [3.8, 4) is 0 Å². The fourth-order valence-corrected chi connectivity index (χ4v) is 2.90. The first kappa shape index (κ1) is 14.5. The Morgan fingerprint density at radius 1 is 1.29 bits per heavy atom. The number of carboxylic acids is 1. The maximum absolute atomic E-state index is 11.1. The van der Waals surface area contributed by atoms with Gasteiger partial charge in [0.25, 0.3) is 0 Å². The number of carbonyl (C=O) groups is 1. The topological polar surface area (TPSA) is 60.8 Å². The van der Waals surface area contributed by atoms with Gasteiger partial charge in [-0.25, -0.2) is 0 Å². The van der Waals surface area contributed by atoms with Crippen LogP contribution < -0.4 is 0 Å². The van der Waals surface area contributed by atoms with Gasteiger partial charge >= 0.3 is 5.97 Å². The molecule has 2 unspecified atom stereocenters. The lowest BCUT2D eigenvalue weighted by atomic mass is 9.77. The van der Waals surface area contributed by atoms with Crippen LogP contribution in [0.4, 0.5) is 0 Å². The van der Waals surface area contributed by atoms with Crippen LogP contribution in [0.15, 0.2) is 0 Å². The molecule has 0 amide bonds. The lowest BCUT2D eigenvalue weighted by Crippen LogP contribution is -2.55. The van der Waals surface area contributed by atoms with E-state index in [4.69, 9.17) is 5.11 Å². The third-order valence-corrected chi connectivity index (χ3v) is 4.32. The minimum Gasteiger partial charge on any atom is -0.481 e. The maximum atomic E-state index is 11.1. The predicted octanol–water partition coefficient (Wildman–Crippen LogP) is 1.87. The highest BCUT2D eigenvalue weighted by atomic mass is 16.4. The molecule has 0 spiro atoms. The summed E-state index contributed by atoms with van der Waals surface area (Å²) in [4.78, 5) is 13.2. The molecule has 0 saturated heterocycles. The van der Waals surface area contributed by atoms with E-state index in [0.717, 1.165) is 25.7 Å². The number of rotatable bonds is 5. The molecular formula is C13H25NO3. The van der Waals surface area contributed by atoms with Crippen molar-refractivity contribution in [2.45, 2.75) is 70.1 Å². The Bertz CT molecular complexity index is 259. The normalized spacial score (nSPS) is 23.4. The largest absolute Gasteiger partial charge is 0.481 e. The van der Waals surface area contributed by atoms with Gasteiger partial charge in [0.15, 0.2) is 0 Å². The first-order chi connectivity index (χ1) is 7.89. The van der Waals surface area contributed by atoms with Crippen LogP contribution in [0.3, 0.4) is 0 Å². The van der Waals surface area contributed by atoms with Crippen LogP contribution in [0, 0.1) is 0 Å². The molecule has 0 aromatic rings. The van der Waals surface area contributed by atoms with Crippen LogP contribution in [-0.4, -0.2) is 45.8 Å². The number of carboxylic acid groups (broad SMARTS) is 1. The van der Waals surface area contributed by atoms with Crippen molar-refractivity contribution in [1.82, 2.24) is 4.90 Å². The Morgan fingerprint density at radius 2 is 1.82 bits per heavy atom. The summed E-state index contributed by atoms with van der Waals surface area (Å²) in [5.74, 6) is -0.739. The SMILES string of the molecule is CC(O)C(C)N(C)C1(CC(=O)O)CCCCC1. The fourth-order valence-electron chi connectivity index (χ4n) is 2.90. The minimum absolute atomic E-state index is 0.00699. The van der Waals surface area contributed by atoms with Gasteiger partial charge in [-0.1, -0.05) is 19.3 Å². The number of hydrogen-bond acceptors (Lipinski definition) is 3. The van der Waals surface area contributed by atoms with E-state index in [1.165, 1.54) is 6.42 Å². The van der Waals surface area contributed by atoms with E-state index in [-0.39, 0.29) is 18.0 Å². The van der Waals surface area contributed by atoms with Crippen molar-refractivity contribution in [2.75, 3.05) is 7.05 Å². The van der Waals surface area contributed by atoms with Crippen molar-refractivity contribution in [3.63, 3.8) is 0 Å². The molecule has 0 radical (unpaired) electrons. The molecule has 1 rings (SSSR count). The standard InChI is InChI=1S/C13H25NO3/c1-10(11(2)15)14(3)13(9-12(16)17)7-5-4-6-8-13/h10-11,15H,4-9H2,1-3H3,(H,16,17). The average Bonchev–Trinajstić information content (AvgIpc) is 2.27. The molecule has 2 N–H and O–H groups in total. The average molecular weight is 243 g/mol. The molecule has 1 aliphatic rings. The molecule has 100 valence electrons. The van der Waals surface area contributed by atoms with Crippen LogP contribution in [0.2, 0.25) is 0 Å². The zero-order valence-electron chi connectivity index (χ0n) is 11.1. The number of likely N-dealkylation sites (N-methyl/N-ethyl adjacent to an activating group) is 1. The van der Waals surface area contributed by atoms with Gasteiger partial charge in [-0.3, -0.25) is 9.69 Å². The molecule has 4 heteroatoms. The third kappa shape index (κ3) is 3.42. The van der Waals surface area contributed by atoms with E-state index in [9.17, 15) is 9.90 Å². The Hall–Kier alpha value is -0.610. The number of aliphatic carboxylic acids is 1. The summed E-state index contributed by atoms with van der Waals surface area (Å²) < 4.78 is 0. The fraction of sp³-hybridized carbons (Fsp3) is 0.923. The smallest absolute Gasteiger partial charge is 0.305 e. The van der Waals surface area contributed by atoms with Crippen molar-refractivity contribution in [3.05, 3.63) is 0 Å². The Labute approximate surface area is 104 Å². The van der Waals surface area contributed by atoms with Gasteiger partial charge in [0.05, 0.1) is 12.5 Å². The monoisotopic (exact) mass is 243 g/mol. The molecule has 2 atom stereocenters. The van der Waals surface area contributed by atoms with Gasteiger partial charge in [-0.2, -0.15) is 0 Å². The van der Waals surface area contributed by atoms with E-state index in [0.29, 0.717) is 0 Å². The third-order valence-electron chi connectivity index (χ3n) is 4.32. The van der Waals surface area contributed by atoms with E-state index >= 15 is 0 Å². The molecule has 0 heterocycles. The minimum atomic E-state index is -0.739. The van der Waals surface area contributed by atoms with Gasteiger partial charge < -0.3 is 10.2 Å². The molecule has 1 aliphatic carbocycles. The summed E-state index contributed by atoms with van der Waals surface area (Å²) in [6.45, 7) is 3.72. The second-order valence-corrected chi connectivity index (χ2v) is 5.45. The number of hydrogen-bond donors (Lipinski definition) is 2. The molecule has 0 aliphatic heterocycles. The van der Waals surface area contributed by atoms with Crippen molar-refractivity contribution in [1.29, 1.82) is 0 Å². The van der Waals surface area contributed by atoms with Gasteiger partial charge in [0.2, 0.25) is 0 Å². The predicted molar refractivity (Wildman–Crippen MR) is 67.0 cm³/mol. The molecule has 4 nitrogen and oxygen atoms in total. The zero-order valence-corrected chi connectivity index (χ0v) is 11.1. The number of aliphatic hydroxyl groups excluding tert-OH is 1. The first-order valence-corrected chi connectivity index (χ1v) is 6.52. The summed E-state index contributed by atoms with van der Waals surface area (Å²) in [6.07, 6.45) is 4.96. The van der Waals surface area contributed by atoms with Gasteiger partial charge in [-0.15, -0.1) is 0 Å². The first-order valence-electron chi connectivity index (χ1n) is 6.52. The number of aliphatic hydroxyl groups is 1. The Morgan fingerprint density at radius 3 is 2.24 bits per heavy atom. The summed E-state index contributed by atoms with van der Waals surface area (Å²) >= 11 is 0. The van der Waals surface area contributed by atoms with E-state index in [2.05, 4.69) is 4.90 Å². The van der Waals surface area contributed by atoms with Gasteiger partial charge in [0.1, 0.15) is 0 Å². The summed E-state index contributed by atoms with van der Waals surface area (Å²) in [5.41, 5.74) is -0.263. The molecular weight excluding hydrogens is 218 g/mol. The van der Waals surface area contributed by atoms with Crippen LogP contribution in [0.25, 0.3) is 0 Å². The molecule has 17 heavy (non-hydrogen) atoms. The van der Waals surface area contributed by atoms with E-state index in [1.807, 2.05) is 14.0 Å². The molecule has 1 fully saturated rings. The molecule has 0 bridgehead atoms. The van der Waals surface area contributed by atoms with Crippen LogP contribution >= 0.6 is 0 Å². The summed E-state index contributed by atoms with van der Waals surface area (Å²) in [7, 11) is 1.95. The number of nitrogens with zero attached hydrogens (tertiary/aromatic N) is 1. The molecule has 1 saturated carbocycles.